The average molecular weight is 289 g/mol. The second kappa shape index (κ2) is 5.05. The maximum Gasteiger partial charge on any atom is 0.259 e. The van der Waals surface area contributed by atoms with Crippen LogP contribution in [0.25, 0.3) is 11.3 Å². The first-order chi connectivity index (χ1) is 9.56. The summed E-state index contributed by atoms with van der Waals surface area (Å²) in [6.07, 6.45) is 3.22. The van der Waals surface area contributed by atoms with Gasteiger partial charge < -0.3 is 9.88 Å². The molecule has 0 radical (unpaired) electrons. The van der Waals surface area contributed by atoms with Crippen molar-refractivity contribution < 1.29 is 0 Å². The third kappa shape index (κ3) is 2.26. The quantitative estimate of drug-likeness (QED) is 0.945. The fourth-order valence-corrected chi connectivity index (χ4v) is 3.58. The van der Waals surface area contributed by atoms with Crippen molar-refractivity contribution >= 4 is 16.5 Å². The molecule has 5 heteroatoms. The van der Waals surface area contributed by atoms with Gasteiger partial charge in [-0.05, 0) is 44.7 Å². The maximum absolute atomic E-state index is 12.5. The Bertz CT molecular complexity index is 700. The van der Waals surface area contributed by atoms with Gasteiger partial charge in [0, 0.05) is 24.2 Å². The molecule has 0 unspecified atom stereocenters. The van der Waals surface area contributed by atoms with E-state index in [1.54, 1.807) is 15.9 Å². The molecule has 2 aromatic heterocycles. The molecule has 0 aromatic carbocycles. The molecule has 2 aromatic rings. The fraction of sp³-hybridized carbons (Fsp3) is 0.467. The smallest absolute Gasteiger partial charge is 0.259 e. The summed E-state index contributed by atoms with van der Waals surface area (Å²) in [6, 6.07) is 2.38. The summed E-state index contributed by atoms with van der Waals surface area (Å²) in [5.41, 5.74) is 4.06. The van der Waals surface area contributed by atoms with Gasteiger partial charge in [-0.15, -0.1) is 11.3 Å². The number of nitrogens with one attached hydrogen (secondary N) is 1. The van der Waals surface area contributed by atoms with Crippen molar-refractivity contribution in [1.82, 2.24) is 9.55 Å². The van der Waals surface area contributed by atoms with Crippen LogP contribution in [0.4, 0.5) is 5.13 Å². The summed E-state index contributed by atoms with van der Waals surface area (Å²) in [4.78, 5) is 17.0. The Morgan fingerprint density at radius 3 is 2.95 bits per heavy atom. The second-order valence-corrected chi connectivity index (χ2v) is 6.44. The highest BCUT2D eigenvalue weighted by atomic mass is 32.1. The van der Waals surface area contributed by atoms with Crippen molar-refractivity contribution in [2.24, 2.45) is 7.05 Å². The molecule has 0 saturated heterocycles. The number of thiazole rings is 1. The van der Waals surface area contributed by atoms with Crippen LogP contribution in [0.1, 0.15) is 31.5 Å². The molecule has 1 aliphatic rings. The zero-order chi connectivity index (χ0) is 14.3. The molecule has 106 valence electrons. The summed E-state index contributed by atoms with van der Waals surface area (Å²) >= 11 is 1.55. The number of pyridine rings is 1. The largest absolute Gasteiger partial charge is 0.359 e. The van der Waals surface area contributed by atoms with Crippen molar-refractivity contribution in [1.29, 1.82) is 0 Å². The van der Waals surface area contributed by atoms with Gasteiger partial charge in [0.25, 0.3) is 5.56 Å². The van der Waals surface area contributed by atoms with Crippen molar-refractivity contribution in [2.45, 2.75) is 39.2 Å². The topological polar surface area (TPSA) is 46.9 Å². The van der Waals surface area contributed by atoms with Crippen molar-refractivity contribution in [3.05, 3.63) is 33.1 Å². The van der Waals surface area contributed by atoms with Gasteiger partial charge in [0.05, 0.1) is 11.3 Å². The van der Waals surface area contributed by atoms with E-state index in [1.807, 2.05) is 18.5 Å². The summed E-state index contributed by atoms with van der Waals surface area (Å²) in [6.45, 7) is 4.16. The highest BCUT2D eigenvalue weighted by Gasteiger charge is 2.19. The van der Waals surface area contributed by atoms with Gasteiger partial charge in [-0.3, -0.25) is 4.79 Å². The highest BCUT2D eigenvalue weighted by Crippen LogP contribution is 2.27. The molecule has 0 fully saturated rings. The van der Waals surface area contributed by atoms with Crippen LogP contribution >= 0.6 is 11.3 Å². The summed E-state index contributed by atoms with van der Waals surface area (Å²) < 4.78 is 1.80. The van der Waals surface area contributed by atoms with E-state index in [4.69, 9.17) is 0 Å². The first-order valence-corrected chi connectivity index (χ1v) is 7.88. The van der Waals surface area contributed by atoms with Crippen LogP contribution in [0.3, 0.4) is 0 Å². The van der Waals surface area contributed by atoms with E-state index in [0.717, 1.165) is 35.7 Å². The van der Waals surface area contributed by atoms with Gasteiger partial charge in [-0.25, -0.2) is 4.98 Å². The van der Waals surface area contributed by atoms with Crippen LogP contribution in [0, 0.1) is 0 Å². The number of anilines is 1. The number of hydrogen-bond acceptors (Lipinski definition) is 4. The van der Waals surface area contributed by atoms with E-state index in [9.17, 15) is 4.79 Å². The minimum Gasteiger partial charge on any atom is -0.359 e. The monoisotopic (exact) mass is 289 g/mol. The summed E-state index contributed by atoms with van der Waals surface area (Å²) in [7, 11) is 1.87. The molecule has 1 aliphatic carbocycles. The first-order valence-electron chi connectivity index (χ1n) is 7.00. The van der Waals surface area contributed by atoms with E-state index < -0.39 is 0 Å². The Morgan fingerprint density at radius 2 is 2.20 bits per heavy atom. The van der Waals surface area contributed by atoms with Crippen molar-refractivity contribution in [3.63, 3.8) is 0 Å². The minimum absolute atomic E-state index is 0.0621. The molecule has 1 N–H and O–H groups in total. The molecular weight excluding hydrogens is 270 g/mol. The van der Waals surface area contributed by atoms with Gasteiger partial charge >= 0.3 is 0 Å². The molecule has 0 amide bonds. The van der Waals surface area contributed by atoms with Crippen molar-refractivity contribution in [2.75, 3.05) is 5.32 Å². The molecule has 0 saturated carbocycles. The van der Waals surface area contributed by atoms with Crippen LogP contribution < -0.4 is 10.9 Å². The SMILES string of the molecule is CC(C)Nc1nc(-c2cc3c(n(C)c2=O)CCC3)cs1. The maximum atomic E-state index is 12.5. The van der Waals surface area contributed by atoms with E-state index in [1.165, 1.54) is 11.3 Å². The van der Waals surface area contributed by atoms with Crippen molar-refractivity contribution in [3.8, 4) is 11.3 Å². The molecule has 2 heterocycles. The first kappa shape index (κ1) is 13.4. The molecule has 20 heavy (non-hydrogen) atoms. The number of nitrogens with zero attached hydrogens (tertiary/aromatic N) is 2. The Kier molecular flexibility index (Phi) is 3.38. The lowest BCUT2D eigenvalue weighted by molar-refractivity contribution is 0.780. The second-order valence-electron chi connectivity index (χ2n) is 5.58. The summed E-state index contributed by atoms with van der Waals surface area (Å²) in [5, 5.41) is 6.11. The lowest BCUT2D eigenvalue weighted by atomic mass is 10.1. The number of hydrogen-bond donors (Lipinski definition) is 1. The number of aromatic nitrogens is 2. The Hall–Kier alpha value is -1.62. The molecule has 4 nitrogen and oxygen atoms in total. The molecule has 0 atom stereocenters. The van der Waals surface area contributed by atoms with Crippen LogP contribution in [0.15, 0.2) is 16.2 Å². The molecule has 0 spiro atoms. The Morgan fingerprint density at radius 1 is 1.40 bits per heavy atom. The molecule has 0 aliphatic heterocycles. The van der Waals surface area contributed by atoms with E-state index in [-0.39, 0.29) is 5.56 Å². The third-order valence-electron chi connectivity index (χ3n) is 3.68. The lowest BCUT2D eigenvalue weighted by Gasteiger charge is -2.09. The van der Waals surface area contributed by atoms with E-state index in [0.29, 0.717) is 6.04 Å². The zero-order valence-electron chi connectivity index (χ0n) is 12.1. The number of rotatable bonds is 3. The average Bonchev–Trinajstić information content (AvgIpc) is 3.01. The number of aryl methyl sites for hydroxylation is 1. The van der Waals surface area contributed by atoms with Crippen LogP contribution in [-0.4, -0.2) is 15.6 Å². The minimum atomic E-state index is 0.0621. The van der Waals surface area contributed by atoms with E-state index in [2.05, 4.69) is 24.1 Å². The molecule has 0 bridgehead atoms. The Balaban J connectivity index is 2.04. The van der Waals surface area contributed by atoms with Gasteiger partial charge in [0.1, 0.15) is 0 Å². The van der Waals surface area contributed by atoms with Gasteiger partial charge in [0.2, 0.25) is 0 Å². The molecule has 3 rings (SSSR count). The van der Waals surface area contributed by atoms with Crippen LogP contribution in [0.5, 0.6) is 0 Å². The standard InChI is InChI=1S/C15H19N3OS/c1-9(2)16-15-17-12(8-20-15)11-7-10-5-4-6-13(10)18(3)14(11)19/h7-9H,4-6H2,1-3H3,(H,16,17). The Labute approximate surface area is 122 Å². The fourth-order valence-electron chi connectivity index (χ4n) is 2.72. The van der Waals surface area contributed by atoms with Crippen LogP contribution in [-0.2, 0) is 19.9 Å². The summed E-state index contributed by atoms with van der Waals surface area (Å²) in [5.74, 6) is 0. The highest BCUT2D eigenvalue weighted by molar-refractivity contribution is 7.14. The zero-order valence-corrected chi connectivity index (χ0v) is 12.9. The molecular formula is C15H19N3OS. The van der Waals surface area contributed by atoms with Crippen LogP contribution in [0.2, 0.25) is 0 Å². The van der Waals surface area contributed by atoms with Gasteiger partial charge in [-0.1, -0.05) is 0 Å². The lowest BCUT2D eigenvalue weighted by Crippen LogP contribution is -2.22. The normalized spacial score (nSPS) is 13.8. The number of fused-ring (bicyclic) bond motifs is 1. The van der Waals surface area contributed by atoms with Gasteiger partial charge in [0.15, 0.2) is 5.13 Å². The van der Waals surface area contributed by atoms with E-state index >= 15 is 0 Å². The third-order valence-corrected chi connectivity index (χ3v) is 4.45. The predicted octanol–water partition coefficient (Wildman–Crippen LogP) is 2.82. The predicted molar refractivity (Wildman–Crippen MR) is 83.6 cm³/mol. The van der Waals surface area contributed by atoms with Gasteiger partial charge in [-0.2, -0.15) is 0 Å².